The summed E-state index contributed by atoms with van der Waals surface area (Å²) in [4.78, 5) is 19.6. The molecule has 0 N–H and O–H groups in total. The first-order chi connectivity index (χ1) is 31.2. The maximum absolute atomic E-state index is 6.91. The Hall–Kier alpha value is -8.28. The maximum Gasteiger partial charge on any atom is 0.146 e. The maximum atomic E-state index is 6.91. The zero-order valence-electron chi connectivity index (χ0n) is 34.2. The summed E-state index contributed by atoms with van der Waals surface area (Å²) >= 11 is 0. The normalized spacial score (nSPS) is 15.5. The molecule has 304 valence electrons. The van der Waals surface area contributed by atoms with E-state index in [1.54, 1.807) is 0 Å². The van der Waals surface area contributed by atoms with E-state index in [9.17, 15) is 0 Å². The van der Waals surface area contributed by atoms with Gasteiger partial charge in [-0.2, -0.15) is 20.0 Å². The molecule has 8 heteroatoms. The van der Waals surface area contributed by atoms with E-state index >= 15 is 0 Å². The molecule has 8 nitrogen and oxygen atoms in total. The molecule has 0 unspecified atom stereocenters. The molecule has 0 bridgehead atoms. The van der Waals surface area contributed by atoms with Crippen LogP contribution in [0.25, 0.3) is 44.5 Å². The molecule has 10 rings (SSSR count). The van der Waals surface area contributed by atoms with Gasteiger partial charge in [0.25, 0.3) is 0 Å². The Bertz CT molecular complexity index is 2620. The Kier molecular flexibility index (Phi) is 11.0. The third-order valence-electron chi connectivity index (χ3n) is 11.1. The number of ether oxygens (including phenoxy) is 4. The summed E-state index contributed by atoms with van der Waals surface area (Å²) in [5.74, 6) is 2.20. The third kappa shape index (κ3) is 8.28. The van der Waals surface area contributed by atoms with E-state index in [2.05, 4.69) is 60.5 Å². The van der Waals surface area contributed by atoms with Gasteiger partial charge in [-0.25, -0.2) is 0 Å². The highest BCUT2D eigenvalue weighted by molar-refractivity contribution is 5.86. The number of hydrogen-bond acceptors (Lipinski definition) is 8. The molecular weight excluding hydrogens is 781 g/mol. The van der Waals surface area contributed by atoms with Crippen LogP contribution in [-0.4, -0.2) is 38.4 Å². The number of fused-ring (bicyclic) bond motifs is 4. The van der Waals surface area contributed by atoms with Crippen molar-refractivity contribution in [3.05, 3.63) is 194 Å². The average Bonchev–Trinajstić information content (AvgIpc) is 3.34. The third-order valence-corrected chi connectivity index (χ3v) is 11.1. The highest BCUT2D eigenvalue weighted by Crippen LogP contribution is 2.45. The van der Waals surface area contributed by atoms with E-state index in [1.165, 1.54) is 0 Å². The fourth-order valence-corrected chi connectivity index (χ4v) is 7.84. The highest BCUT2D eigenvalue weighted by atomic mass is 16.5. The average molecular weight is 821 g/mol. The zero-order chi connectivity index (χ0) is 42.3. The van der Waals surface area contributed by atoms with Crippen molar-refractivity contribution < 1.29 is 18.9 Å². The lowest BCUT2D eigenvalue weighted by Gasteiger charge is -2.34. The Morgan fingerprint density at radius 1 is 0.286 bits per heavy atom. The fraction of sp³-hybridized carbons (Fsp3) is 0.0909. The second kappa shape index (κ2) is 17.7. The highest BCUT2D eigenvalue weighted by Gasteiger charge is 2.37. The van der Waals surface area contributed by atoms with E-state index in [1.807, 2.05) is 146 Å². The SMILES string of the molecule is C1=Nc2c(cccc2-c2ccccc2)OCC2(COc3cccc(-c4ccccc4)c3N=1)COc1cccc(-c3ccccc3)c1N=C=Nc1c(cccc1-c1ccccc1)OC2. The van der Waals surface area contributed by atoms with Crippen LogP contribution in [0.2, 0.25) is 0 Å². The second-order valence-electron chi connectivity index (χ2n) is 15.4. The second-order valence-corrected chi connectivity index (χ2v) is 15.4. The number of hydrogen-bond donors (Lipinski definition) is 0. The van der Waals surface area contributed by atoms with Gasteiger partial charge in [0.1, 0.15) is 89.6 Å². The van der Waals surface area contributed by atoms with Crippen LogP contribution in [0.5, 0.6) is 23.0 Å². The van der Waals surface area contributed by atoms with Gasteiger partial charge >= 0.3 is 0 Å². The van der Waals surface area contributed by atoms with Gasteiger partial charge in [-0.15, -0.1) is 0 Å². The zero-order valence-corrected chi connectivity index (χ0v) is 34.2. The van der Waals surface area contributed by atoms with Gasteiger partial charge in [0.05, 0.1) is 0 Å². The van der Waals surface area contributed by atoms with Crippen LogP contribution in [0.15, 0.2) is 214 Å². The van der Waals surface area contributed by atoms with E-state index in [4.69, 9.17) is 38.9 Å². The lowest BCUT2D eigenvalue weighted by Crippen LogP contribution is -2.45. The summed E-state index contributed by atoms with van der Waals surface area (Å²) < 4.78 is 27.6. The summed E-state index contributed by atoms with van der Waals surface area (Å²) in [5.41, 5.74) is 8.85. The number of nitrogens with zero attached hydrogens (tertiary/aromatic N) is 4. The van der Waals surface area contributed by atoms with Crippen molar-refractivity contribution in [2.75, 3.05) is 26.4 Å². The Balaban J connectivity index is 1.16. The fourth-order valence-electron chi connectivity index (χ4n) is 7.84. The summed E-state index contributed by atoms with van der Waals surface area (Å²) in [6.07, 6.45) is 0. The predicted octanol–water partition coefficient (Wildman–Crippen LogP) is 13.9. The molecule has 0 aromatic heterocycles. The number of rotatable bonds is 4. The quantitative estimate of drug-likeness (QED) is 0.177. The summed E-state index contributed by atoms with van der Waals surface area (Å²) in [5, 5.41) is 0. The van der Waals surface area contributed by atoms with Crippen molar-refractivity contribution in [3.8, 4) is 67.5 Å². The Morgan fingerprint density at radius 2 is 0.524 bits per heavy atom. The van der Waals surface area contributed by atoms with Crippen LogP contribution in [0, 0.1) is 5.41 Å². The molecule has 0 saturated carbocycles. The van der Waals surface area contributed by atoms with Crippen LogP contribution in [0.3, 0.4) is 0 Å². The molecule has 0 fully saturated rings. The monoisotopic (exact) mass is 820 g/mol. The lowest BCUT2D eigenvalue weighted by molar-refractivity contribution is -0.00291. The van der Waals surface area contributed by atoms with Crippen molar-refractivity contribution >= 4 is 34.8 Å². The van der Waals surface area contributed by atoms with Crippen molar-refractivity contribution in [1.82, 2.24) is 0 Å². The lowest BCUT2D eigenvalue weighted by atomic mass is 9.91. The molecule has 0 amide bonds. The minimum atomic E-state index is -0.959. The standard InChI is InChI=1S/C55H40N4O4/c1-5-17-39(18-6-1)43-25-13-29-47-51(43)56-37-57-52-44(40-19-7-2-8-20-40)26-14-30-48(52)61-34-55(33-60-47)35-62-49-31-15-27-45(41-21-9-3-10-22-41)53(49)58-38-59-54-46(42-23-11-4-12-24-42)28-16-32-50(54)63-36-55/h1-32H,33-36H2. The van der Waals surface area contributed by atoms with Crippen LogP contribution in [0.4, 0.5) is 22.7 Å². The van der Waals surface area contributed by atoms with Crippen molar-refractivity contribution in [1.29, 1.82) is 0 Å². The molecule has 0 saturated heterocycles. The topological polar surface area (TPSA) is 86.4 Å². The van der Waals surface area contributed by atoms with Crippen LogP contribution in [0.1, 0.15) is 0 Å². The molecule has 63 heavy (non-hydrogen) atoms. The first-order valence-electron chi connectivity index (χ1n) is 20.8. The molecule has 8 aromatic carbocycles. The summed E-state index contributed by atoms with van der Waals surface area (Å²) in [6, 6.07) is 70.2. The molecule has 0 atom stereocenters. The molecule has 0 aliphatic carbocycles. The minimum absolute atomic E-state index is 0.118. The Morgan fingerprint density at radius 3 is 0.762 bits per heavy atom. The van der Waals surface area contributed by atoms with Gasteiger partial charge in [0.15, 0.2) is 0 Å². The van der Waals surface area contributed by atoms with Crippen molar-refractivity contribution in [2.45, 2.75) is 0 Å². The smallest absolute Gasteiger partial charge is 0.146 e. The van der Waals surface area contributed by atoms with Gasteiger partial charge in [-0.05, 0) is 46.5 Å². The van der Waals surface area contributed by atoms with Crippen LogP contribution < -0.4 is 18.9 Å². The Labute approximate surface area is 365 Å². The number of benzene rings is 8. The molecule has 0 radical (unpaired) electrons. The molecule has 1 spiro atoms. The molecule has 2 aliphatic heterocycles. The van der Waals surface area contributed by atoms with Gasteiger partial charge < -0.3 is 18.9 Å². The van der Waals surface area contributed by atoms with E-state index in [0.29, 0.717) is 45.7 Å². The van der Waals surface area contributed by atoms with Crippen molar-refractivity contribution in [3.63, 3.8) is 0 Å². The minimum Gasteiger partial charge on any atom is -0.490 e. The number of para-hydroxylation sites is 4. The molecule has 8 aromatic rings. The van der Waals surface area contributed by atoms with Gasteiger partial charge in [-0.1, -0.05) is 170 Å². The van der Waals surface area contributed by atoms with E-state index in [0.717, 1.165) is 44.5 Å². The molecule has 2 heterocycles. The summed E-state index contributed by atoms with van der Waals surface area (Å²) in [7, 11) is 0. The molecular formula is C55H40N4O4. The first kappa shape index (κ1) is 38.9. The van der Waals surface area contributed by atoms with Gasteiger partial charge in [-0.3, -0.25) is 0 Å². The van der Waals surface area contributed by atoms with Crippen LogP contribution >= 0.6 is 0 Å². The van der Waals surface area contributed by atoms with E-state index < -0.39 is 5.41 Å². The van der Waals surface area contributed by atoms with Gasteiger partial charge in [0.2, 0.25) is 0 Å². The van der Waals surface area contributed by atoms with Crippen LogP contribution in [-0.2, 0) is 0 Å². The largest absolute Gasteiger partial charge is 0.490 e. The van der Waals surface area contributed by atoms with Crippen molar-refractivity contribution in [2.24, 2.45) is 25.4 Å². The number of aliphatic imine (C=N–C) groups is 4. The first-order valence-corrected chi connectivity index (χ1v) is 20.8. The molecule has 2 aliphatic rings. The predicted molar refractivity (Wildman–Crippen MR) is 250 cm³/mol. The van der Waals surface area contributed by atoms with E-state index in [-0.39, 0.29) is 26.4 Å². The van der Waals surface area contributed by atoms with Gasteiger partial charge in [0, 0.05) is 22.3 Å². The summed E-state index contributed by atoms with van der Waals surface area (Å²) in [6.45, 7) is 0.471.